The zero-order chi connectivity index (χ0) is 13.3. The molecular formula is C13H17N3O2. The molecule has 0 radical (unpaired) electrons. The van der Waals surface area contributed by atoms with Crippen LogP contribution in [0.15, 0.2) is 24.4 Å². The van der Waals surface area contributed by atoms with E-state index in [0.29, 0.717) is 18.3 Å². The molecule has 0 aliphatic rings. The second kappa shape index (κ2) is 4.68. The summed E-state index contributed by atoms with van der Waals surface area (Å²) in [5, 5.41) is 13.6. The van der Waals surface area contributed by atoms with E-state index in [1.165, 1.54) is 0 Å². The molecule has 5 heteroatoms. The van der Waals surface area contributed by atoms with Gasteiger partial charge in [-0.05, 0) is 39.0 Å². The normalized spacial score (nSPS) is 11.1. The molecule has 0 saturated heterocycles. The van der Waals surface area contributed by atoms with Gasteiger partial charge in [0, 0.05) is 18.8 Å². The number of aromatic nitrogens is 3. The fourth-order valence-electron chi connectivity index (χ4n) is 1.98. The van der Waals surface area contributed by atoms with Crippen molar-refractivity contribution in [2.75, 3.05) is 0 Å². The maximum atomic E-state index is 11.1. The highest BCUT2D eigenvalue weighted by Gasteiger charge is 2.15. The maximum absolute atomic E-state index is 11.1. The average Bonchev–Trinajstić information content (AvgIpc) is 2.94. The predicted octanol–water partition coefficient (Wildman–Crippen LogP) is 2.65. The lowest BCUT2D eigenvalue weighted by atomic mass is 10.3. The van der Waals surface area contributed by atoms with E-state index in [1.54, 1.807) is 16.7 Å². The minimum absolute atomic E-state index is 0.294. The van der Waals surface area contributed by atoms with E-state index in [0.717, 1.165) is 11.4 Å². The molecule has 96 valence electrons. The van der Waals surface area contributed by atoms with Crippen molar-refractivity contribution in [3.8, 4) is 11.4 Å². The van der Waals surface area contributed by atoms with Gasteiger partial charge in [0.2, 0.25) is 0 Å². The second-order valence-electron chi connectivity index (χ2n) is 4.43. The first-order valence-corrected chi connectivity index (χ1v) is 6.03. The Bertz CT molecular complexity index is 567. The Morgan fingerprint density at radius 2 is 2.11 bits per heavy atom. The largest absolute Gasteiger partial charge is 0.477 e. The topological polar surface area (TPSA) is 60.1 Å². The lowest BCUT2D eigenvalue weighted by molar-refractivity contribution is 0.0685. The smallest absolute Gasteiger partial charge is 0.352 e. The molecule has 5 nitrogen and oxygen atoms in total. The summed E-state index contributed by atoms with van der Waals surface area (Å²) in [6.07, 6.45) is 1.91. The first-order valence-electron chi connectivity index (χ1n) is 6.03. The van der Waals surface area contributed by atoms with E-state index in [2.05, 4.69) is 18.9 Å². The third-order valence-electron chi connectivity index (χ3n) is 2.92. The molecule has 18 heavy (non-hydrogen) atoms. The summed E-state index contributed by atoms with van der Waals surface area (Å²) in [5.41, 5.74) is 1.94. The summed E-state index contributed by atoms with van der Waals surface area (Å²) in [5.74, 6) is -0.911. The Kier molecular flexibility index (Phi) is 3.23. The van der Waals surface area contributed by atoms with E-state index in [9.17, 15) is 4.79 Å². The molecular weight excluding hydrogens is 230 g/mol. The molecule has 2 heterocycles. The molecule has 2 aromatic heterocycles. The quantitative estimate of drug-likeness (QED) is 0.903. The molecule has 0 spiro atoms. The standard InChI is InChI=1S/C13H17N3O2/c1-4-15-11(5-6-12(15)13(17)18)10-7-8-16(14-10)9(2)3/h5-9H,4H2,1-3H3,(H,17,18). The highest BCUT2D eigenvalue weighted by molar-refractivity contribution is 5.87. The van der Waals surface area contributed by atoms with E-state index < -0.39 is 5.97 Å². The summed E-state index contributed by atoms with van der Waals surface area (Å²) in [6.45, 7) is 6.64. The maximum Gasteiger partial charge on any atom is 0.352 e. The zero-order valence-electron chi connectivity index (χ0n) is 10.8. The highest BCUT2D eigenvalue weighted by atomic mass is 16.4. The van der Waals surface area contributed by atoms with Gasteiger partial charge in [-0.2, -0.15) is 5.10 Å². The SMILES string of the molecule is CCn1c(C(=O)O)ccc1-c1ccn(C(C)C)n1. The van der Waals surface area contributed by atoms with Crippen LogP contribution in [0, 0.1) is 0 Å². The monoisotopic (exact) mass is 247 g/mol. The summed E-state index contributed by atoms with van der Waals surface area (Å²) >= 11 is 0. The van der Waals surface area contributed by atoms with Crippen molar-refractivity contribution in [1.82, 2.24) is 14.3 Å². The minimum atomic E-state index is -0.911. The van der Waals surface area contributed by atoms with Crippen LogP contribution < -0.4 is 0 Å². The molecule has 0 atom stereocenters. The molecule has 0 aromatic carbocycles. The van der Waals surface area contributed by atoms with Crippen molar-refractivity contribution >= 4 is 5.97 Å². The Labute approximate surface area is 106 Å². The molecule has 1 N–H and O–H groups in total. The third kappa shape index (κ3) is 2.03. The van der Waals surface area contributed by atoms with Crippen LogP contribution in [0.5, 0.6) is 0 Å². The van der Waals surface area contributed by atoms with Gasteiger partial charge < -0.3 is 9.67 Å². The number of aromatic carboxylic acids is 1. The lowest BCUT2D eigenvalue weighted by Gasteiger charge is -2.07. The van der Waals surface area contributed by atoms with Crippen LogP contribution in [0.3, 0.4) is 0 Å². The van der Waals surface area contributed by atoms with Gasteiger partial charge in [0.25, 0.3) is 0 Å². The number of carbonyl (C=O) groups is 1. The molecule has 0 aliphatic carbocycles. The molecule has 0 amide bonds. The molecule has 0 aliphatic heterocycles. The summed E-state index contributed by atoms with van der Waals surface area (Å²) in [6, 6.07) is 5.63. The highest BCUT2D eigenvalue weighted by Crippen LogP contribution is 2.22. The number of carboxylic acid groups (broad SMARTS) is 1. The van der Waals surface area contributed by atoms with Crippen LogP contribution in [0.25, 0.3) is 11.4 Å². The lowest BCUT2D eigenvalue weighted by Crippen LogP contribution is -2.08. The van der Waals surface area contributed by atoms with Crippen molar-refractivity contribution in [2.45, 2.75) is 33.4 Å². The first kappa shape index (κ1) is 12.4. The van der Waals surface area contributed by atoms with Gasteiger partial charge in [0.05, 0.1) is 5.69 Å². The summed E-state index contributed by atoms with van der Waals surface area (Å²) < 4.78 is 3.62. The molecule has 2 rings (SSSR count). The van der Waals surface area contributed by atoms with Crippen molar-refractivity contribution in [2.24, 2.45) is 0 Å². The van der Waals surface area contributed by atoms with Crippen LogP contribution >= 0.6 is 0 Å². The Hall–Kier alpha value is -2.04. The van der Waals surface area contributed by atoms with Crippen molar-refractivity contribution < 1.29 is 9.90 Å². The van der Waals surface area contributed by atoms with Crippen LogP contribution in [-0.4, -0.2) is 25.4 Å². The van der Waals surface area contributed by atoms with Gasteiger partial charge in [-0.25, -0.2) is 4.79 Å². The third-order valence-corrected chi connectivity index (χ3v) is 2.92. The van der Waals surface area contributed by atoms with Crippen LogP contribution in [0.2, 0.25) is 0 Å². The van der Waals surface area contributed by atoms with Gasteiger partial charge in [-0.3, -0.25) is 4.68 Å². The molecule has 0 bridgehead atoms. The van der Waals surface area contributed by atoms with Crippen molar-refractivity contribution in [3.05, 3.63) is 30.1 Å². The summed E-state index contributed by atoms with van der Waals surface area (Å²) in [4.78, 5) is 11.1. The van der Waals surface area contributed by atoms with Crippen molar-refractivity contribution in [1.29, 1.82) is 0 Å². The molecule has 0 unspecified atom stereocenters. The number of carboxylic acids is 1. The minimum Gasteiger partial charge on any atom is -0.477 e. The van der Waals surface area contributed by atoms with E-state index in [-0.39, 0.29) is 0 Å². The van der Waals surface area contributed by atoms with E-state index in [4.69, 9.17) is 5.11 Å². The van der Waals surface area contributed by atoms with Gasteiger partial charge >= 0.3 is 5.97 Å². The molecule has 0 saturated carbocycles. The van der Waals surface area contributed by atoms with E-state index in [1.807, 2.05) is 23.9 Å². The van der Waals surface area contributed by atoms with Gasteiger partial charge in [-0.15, -0.1) is 0 Å². The van der Waals surface area contributed by atoms with Gasteiger partial charge in [0.15, 0.2) is 0 Å². The van der Waals surface area contributed by atoms with Gasteiger partial charge in [0.1, 0.15) is 11.4 Å². The predicted molar refractivity (Wildman–Crippen MR) is 68.7 cm³/mol. The number of hydrogen-bond donors (Lipinski definition) is 1. The molecule has 0 fully saturated rings. The van der Waals surface area contributed by atoms with Crippen LogP contribution in [0.4, 0.5) is 0 Å². The number of rotatable bonds is 4. The molecule has 2 aromatic rings. The Balaban J connectivity index is 2.46. The number of nitrogens with zero attached hydrogens (tertiary/aromatic N) is 3. The van der Waals surface area contributed by atoms with Crippen LogP contribution in [0.1, 0.15) is 37.3 Å². The first-order chi connectivity index (χ1) is 8.54. The van der Waals surface area contributed by atoms with Gasteiger partial charge in [-0.1, -0.05) is 0 Å². The Morgan fingerprint density at radius 1 is 1.39 bits per heavy atom. The van der Waals surface area contributed by atoms with E-state index >= 15 is 0 Å². The van der Waals surface area contributed by atoms with Crippen LogP contribution in [-0.2, 0) is 6.54 Å². The fraction of sp³-hybridized carbons (Fsp3) is 0.385. The average molecular weight is 247 g/mol. The number of hydrogen-bond acceptors (Lipinski definition) is 2. The summed E-state index contributed by atoms with van der Waals surface area (Å²) in [7, 11) is 0. The Morgan fingerprint density at radius 3 is 2.61 bits per heavy atom. The zero-order valence-corrected chi connectivity index (χ0v) is 10.8. The second-order valence-corrected chi connectivity index (χ2v) is 4.43. The van der Waals surface area contributed by atoms with Crippen molar-refractivity contribution in [3.63, 3.8) is 0 Å². The fourth-order valence-corrected chi connectivity index (χ4v) is 1.98.